The quantitative estimate of drug-likeness (QED) is 0.675. The Balaban J connectivity index is 2.56. The predicted octanol–water partition coefficient (Wildman–Crippen LogP) is 2.28. The Bertz CT molecular complexity index is 312. The third-order valence-electron chi connectivity index (χ3n) is 1.90. The molecule has 0 N–H and O–H groups in total. The van der Waals surface area contributed by atoms with Crippen LogP contribution in [-0.4, -0.2) is 26.0 Å². The van der Waals surface area contributed by atoms with E-state index in [0.717, 1.165) is 0 Å². The fourth-order valence-electron chi connectivity index (χ4n) is 0.954. The number of hydrogen-bond acceptors (Lipinski definition) is 2. The Labute approximate surface area is 83.4 Å². The summed E-state index contributed by atoms with van der Waals surface area (Å²) in [5.41, 5.74) is 0.510. The van der Waals surface area contributed by atoms with E-state index in [1.807, 2.05) is 6.92 Å². The highest BCUT2D eigenvalue weighted by Crippen LogP contribution is 2.03. The van der Waals surface area contributed by atoms with E-state index in [0.29, 0.717) is 12.1 Å². The van der Waals surface area contributed by atoms with Gasteiger partial charge in [0.05, 0.1) is 12.6 Å². The van der Waals surface area contributed by atoms with E-state index < -0.39 is 0 Å². The molecule has 0 radical (unpaired) electrons. The first-order valence-electron chi connectivity index (χ1n) is 4.51. The zero-order chi connectivity index (χ0) is 10.4. The van der Waals surface area contributed by atoms with Crippen LogP contribution < -0.4 is 0 Å². The molecule has 0 aliphatic heterocycles. The maximum absolute atomic E-state index is 13.1. The number of aliphatic imine (C=N–C) groups is 1. The lowest BCUT2D eigenvalue weighted by Crippen LogP contribution is -2.08. The SMILES string of the molecule is CO[C@H](C)CN=Cc1ccccc1F. The first-order valence-corrected chi connectivity index (χ1v) is 4.51. The summed E-state index contributed by atoms with van der Waals surface area (Å²) >= 11 is 0. The first kappa shape index (κ1) is 10.9. The molecule has 0 aromatic heterocycles. The average molecular weight is 195 g/mol. The molecule has 2 nitrogen and oxygen atoms in total. The van der Waals surface area contributed by atoms with Gasteiger partial charge in [-0.3, -0.25) is 4.99 Å². The smallest absolute Gasteiger partial charge is 0.131 e. The Kier molecular flexibility index (Phi) is 4.26. The van der Waals surface area contributed by atoms with Crippen LogP contribution in [0.1, 0.15) is 12.5 Å². The van der Waals surface area contributed by atoms with Crippen molar-refractivity contribution in [1.29, 1.82) is 0 Å². The third-order valence-corrected chi connectivity index (χ3v) is 1.90. The van der Waals surface area contributed by atoms with Crippen LogP contribution in [-0.2, 0) is 4.74 Å². The Hall–Kier alpha value is -1.22. The van der Waals surface area contributed by atoms with Gasteiger partial charge in [-0.1, -0.05) is 18.2 Å². The van der Waals surface area contributed by atoms with Gasteiger partial charge in [0.25, 0.3) is 0 Å². The maximum atomic E-state index is 13.1. The normalized spacial score (nSPS) is 13.4. The van der Waals surface area contributed by atoms with Crippen LogP contribution in [0, 0.1) is 5.82 Å². The molecule has 0 saturated carbocycles. The fraction of sp³-hybridized carbons (Fsp3) is 0.364. The molecular formula is C11H14FNO. The Morgan fingerprint density at radius 2 is 2.21 bits per heavy atom. The summed E-state index contributed by atoms with van der Waals surface area (Å²) in [6, 6.07) is 6.55. The standard InChI is InChI=1S/C11H14FNO/c1-9(14-2)7-13-8-10-5-3-4-6-11(10)12/h3-6,8-9H,7H2,1-2H3/t9-/m1/s1. The predicted molar refractivity (Wildman–Crippen MR) is 55.3 cm³/mol. The van der Waals surface area contributed by atoms with Crippen molar-refractivity contribution in [2.24, 2.45) is 4.99 Å². The van der Waals surface area contributed by atoms with Crippen molar-refractivity contribution in [1.82, 2.24) is 0 Å². The summed E-state index contributed by atoms with van der Waals surface area (Å²) < 4.78 is 18.1. The third kappa shape index (κ3) is 3.26. The second kappa shape index (κ2) is 5.50. The molecule has 0 unspecified atom stereocenters. The highest BCUT2D eigenvalue weighted by molar-refractivity contribution is 5.79. The van der Waals surface area contributed by atoms with Gasteiger partial charge in [-0.15, -0.1) is 0 Å². The van der Waals surface area contributed by atoms with Crippen molar-refractivity contribution in [2.75, 3.05) is 13.7 Å². The van der Waals surface area contributed by atoms with E-state index in [9.17, 15) is 4.39 Å². The van der Waals surface area contributed by atoms with Crippen molar-refractivity contribution < 1.29 is 9.13 Å². The topological polar surface area (TPSA) is 21.6 Å². The lowest BCUT2D eigenvalue weighted by molar-refractivity contribution is 0.126. The Morgan fingerprint density at radius 1 is 1.50 bits per heavy atom. The molecular weight excluding hydrogens is 181 g/mol. The monoisotopic (exact) mass is 195 g/mol. The zero-order valence-corrected chi connectivity index (χ0v) is 8.40. The molecule has 1 aromatic rings. The Morgan fingerprint density at radius 3 is 2.86 bits per heavy atom. The fourth-order valence-corrected chi connectivity index (χ4v) is 0.954. The molecule has 76 valence electrons. The molecule has 1 aromatic carbocycles. The van der Waals surface area contributed by atoms with Crippen LogP contribution >= 0.6 is 0 Å². The van der Waals surface area contributed by atoms with E-state index in [2.05, 4.69) is 4.99 Å². The summed E-state index contributed by atoms with van der Waals surface area (Å²) in [5.74, 6) is -0.249. The molecule has 0 fully saturated rings. The molecule has 0 spiro atoms. The van der Waals surface area contributed by atoms with Crippen LogP contribution in [0.4, 0.5) is 4.39 Å². The number of ether oxygens (including phenoxy) is 1. The minimum atomic E-state index is -0.249. The number of rotatable bonds is 4. The molecule has 14 heavy (non-hydrogen) atoms. The summed E-state index contributed by atoms with van der Waals surface area (Å²) in [5, 5.41) is 0. The van der Waals surface area contributed by atoms with E-state index in [-0.39, 0.29) is 11.9 Å². The van der Waals surface area contributed by atoms with Gasteiger partial charge in [0, 0.05) is 18.9 Å². The largest absolute Gasteiger partial charge is 0.380 e. The number of methoxy groups -OCH3 is 1. The second-order valence-electron chi connectivity index (χ2n) is 3.06. The molecule has 0 saturated heterocycles. The molecule has 0 amide bonds. The van der Waals surface area contributed by atoms with Crippen LogP contribution in [0.5, 0.6) is 0 Å². The minimum Gasteiger partial charge on any atom is -0.380 e. The summed E-state index contributed by atoms with van der Waals surface area (Å²) in [4.78, 5) is 4.08. The van der Waals surface area contributed by atoms with Crippen molar-refractivity contribution >= 4 is 6.21 Å². The van der Waals surface area contributed by atoms with Crippen LogP contribution in [0.2, 0.25) is 0 Å². The van der Waals surface area contributed by atoms with Crippen LogP contribution in [0.3, 0.4) is 0 Å². The number of benzene rings is 1. The minimum absolute atomic E-state index is 0.0676. The molecule has 1 rings (SSSR count). The van der Waals surface area contributed by atoms with Crippen molar-refractivity contribution in [3.8, 4) is 0 Å². The van der Waals surface area contributed by atoms with Gasteiger partial charge in [0.1, 0.15) is 5.82 Å². The van der Waals surface area contributed by atoms with Gasteiger partial charge in [0.2, 0.25) is 0 Å². The summed E-state index contributed by atoms with van der Waals surface area (Å²) in [7, 11) is 1.63. The van der Waals surface area contributed by atoms with Crippen molar-refractivity contribution in [3.05, 3.63) is 35.6 Å². The highest BCUT2D eigenvalue weighted by Gasteiger charge is 1.97. The lowest BCUT2D eigenvalue weighted by atomic mass is 10.2. The van der Waals surface area contributed by atoms with Gasteiger partial charge in [-0.05, 0) is 13.0 Å². The van der Waals surface area contributed by atoms with Gasteiger partial charge in [-0.25, -0.2) is 4.39 Å². The second-order valence-corrected chi connectivity index (χ2v) is 3.06. The van der Waals surface area contributed by atoms with E-state index in [4.69, 9.17) is 4.74 Å². The molecule has 0 aliphatic carbocycles. The number of hydrogen-bond donors (Lipinski definition) is 0. The summed E-state index contributed by atoms with van der Waals surface area (Å²) in [6.07, 6.45) is 1.60. The van der Waals surface area contributed by atoms with Crippen LogP contribution in [0.25, 0.3) is 0 Å². The highest BCUT2D eigenvalue weighted by atomic mass is 19.1. The van der Waals surface area contributed by atoms with Crippen molar-refractivity contribution in [2.45, 2.75) is 13.0 Å². The average Bonchev–Trinajstić information content (AvgIpc) is 2.20. The lowest BCUT2D eigenvalue weighted by Gasteiger charge is -2.03. The molecule has 0 bridgehead atoms. The molecule has 1 atom stereocenters. The maximum Gasteiger partial charge on any atom is 0.131 e. The number of halogens is 1. The van der Waals surface area contributed by atoms with E-state index in [1.54, 1.807) is 25.3 Å². The molecule has 3 heteroatoms. The van der Waals surface area contributed by atoms with Gasteiger partial charge >= 0.3 is 0 Å². The van der Waals surface area contributed by atoms with Crippen molar-refractivity contribution in [3.63, 3.8) is 0 Å². The number of nitrogens with zero attached hydrogens (tertiary/aromatic N) is 1. The van der Waals surface area contributed by atoms with Crippen LogP contribution in [0.15, 0.2) is 29.3 Å². The summed E-state index contributed by atoms with van der Waals surface area (Å²) in [6.45, 7) is 2.46. The van der Waals surface area contributed by atoms with E-state index in [1.165, 1.54) is 12.3 Å². The molecule has 0 aliphatic rings. The van der Waals surface area contributed by atoms with E-state index >= 15 is 0 Å². The van der Waals surface area contributed by atoms with Gasteiger partial charge < -0.3 is 4.74 Å². The zero-order valence-electron chi connectivity index (χ0n) is 8.40. The molecule has 0 heterocycles. The van der Waals surface area contributed by atoms with Gasteiger partial charge in [-0.2, -0.15) is 0 Å². The van der Waals surface area contributed by atoms with Gasteiger partial charge in [0.15, 0.2) is 0 Å². The first-order chi connectivity index (χ1) is 6.74.